The van der Waals surface area contributed by atoms with E-state index in [1.807, 2.05) is 24.3 Å². The van der Waals surface area contributed by atoms with Crippen LogP contribution >= 0.6 is 0 Å². The number of rotatable bonds is 1. The third kappa shape index (κ3) is 1.92. The van der Waals surface area contributed by atoms with E-state index in [0.29, 0.717) is 11.5 Å². The van der Waals surface area contributed by atoms with E-state index in [0.717, 1.165) is 21.5 Å². The molecule has 0 aliphatic carbocycles. The fourth-order valence-corrected chi connectivity index (χ4v) is 3.73. The number of benzene rings is 3. The highest BCUT2D eigenvalue weighted by Gasteiger charge is 2.53. The van der Waals surface area contributed by atoms with Crippen molar-refractivity contribution >= 4 is 33.5 Å². The summed E-state index contributed by atoms with van der Waals surface area (Å²) in [6, 6.07) is 12.4. The summed E-state index contributed by atoms with van der Waals surface area (Å²) >= 11 is 0. The zero-order valence-electron chi connectivity index (χ0n) is 13.8. The van der Waals surface area contributed by atoms with Gasteiger partial charge in [-0.2, -0.15) is 0 Å². The zero-order valence-corrected chi connectivity index (χ0v) is 13.8. The lowest BCUT2D eigenvalue weighted by Gasteiger charge is -2.36. The topological polar surface area (TPSA) is 82.1 Å². The summed E-state index contributed by atoms with van der Waals surface area (Å²) < 4.78 is 17.6. The highest BCUT2D eigenvalue weighted by Crippen LogP contribution is 2.51. The van der Waals surface area contributed by atoms with Crippen LogP contribution in [0.3, 0.4) is 0 Å². The highest BCUT2D eigenvalue weighted by molar-refractivity contribution is 6.15. The summed E-state index contributed by atoms with van der Waals surface area (Å²) in [7, 11) is 0. The zero-order chi connectivity index (χ0) is 18.1. The van der Waals surface area contributed by atoms with E-state index in [1.54, 1.807) is 19.1 Å². The number of carbonyl (C=O) groups is 2. The Labute approximate surface area is 147 Å². The Morgan fingerprint density at radius 3 is 2.54 bits per heavy atom. The van der Waals surface area contributed by atoms with Crippen molar-refractivity contribution < 1.29 is 28.9 Å². The molecule has 0 bridgehead atoms. The third-order valence-corrected chi connectivity index (χ3v) is 5.00. The Morgan fingerprint density at radius 1 is 1.04 bits per heavy atom. The van der Waals surface area contributed by atoms with Crippen molar-refractivity contribution in [2.24, 2.45) is 0 Å². The minimum atomic E-state index is -1.17. The lowest BCUT2D eigenvalue weighted by Crippen LogP contribution is -2.47. The maximum absolute atomic E-state index is 11.8. The summed E-state index contributed by atoms with van der Waals surface area (Å²) in [6.07, 6.45) is -0.441. The van der Waals surface area contributed by atoms with Crippen LogP contribution in [0.4, 0.5) is 0 Å². The van der Waals surface area contributed by atoms with Crippen molar-refractivity contribution in [3.05, 3.63) is 48.0 Å². The fourth-order valence-electron chi connectivity index (χ4n) is 3.73. The minimum absolute atomic E-state index is 0.109. The molecule has 0 aromatic heterocycles. The lowest BCUT2D eigenvalue weighted by atomic mass is 9.96. The van der Waals surface area contributed by atoms with Gasteiger partial charge in [0.1, 0.15) is 0 Å². The van der Waals surface area contributed by atoms with Gasteiger partial charge in [0.25, 0.3) is 5.79 Å². The largest absolute Gasteiger partial charge is 0.478 e. The Hall–Kier alpha value is -3.28. The van der Waals surface area contributed by atoms with Gasteiger partial charge < -0.3 is 19.3 Å². The summed E-state index contributed by atoms with van der Waals surface area (Å²) in [5.41, 5.74) is 0.198. The fraction of sp³-hybridized carbons (Fsp3) is 0.200. The van der Waals surface area contributed by atoms with E-state index in [9.17, 15) is 14.7 Å². The highest BCUT2D eigenvalue weighted by atomic mass is 16.8. The number of hydrogen-bond donors (Lipinski definition) is 1. The van der Waals surface area contributed by atoms with Gasteiger partial charge in [-0.1, -0.05) is 24.3 Å². The summed E-state index contributed by atoms with van der Waals surface area (Å²) in [6.45, 7) is 1.69. The maximum Gasteiger partial charge on any atom is 0.335 e. The molecule has 6 heteroatoms. The first-order chi connectivity index (χ1) is 12.5. The molecular formula is C20H14O6. The van der Waals surface area contributed by atoms with Crippen LogP contribution in [0.15, 0.2) is 42.5 Å². The number of carboxylic acids is 1. The van der Waals surface area contributed by atoms with Gasteiger partial charge in [0, 0.05) is 17.7 Å². The molecule has 1 fully saturated rings. The minimum Gasteiger partial charge on any atom is -0.478 e. The van der Waals surface area contributed by atoms with Crippen molar-refractivity contribution in [1.29, 1.82) is 0 Å². The molecule has 2 atom stereocenters. The van der Waals surface area contributed by atoms with Crippen LogP contribution in [0, 0.1) is 0 Å². The predicted molar refractivity (Wildman–Crippen MR) is 92.6 cm³/mol. The summed E-state index contributed by atoms with van der Waals surface area (Å²) in [5.74, 6) is -1.51. The second-order valence-corrected chi connectivity index (χ2v) is 6.67. The molecule has 2 aliphatic rings. The molecule has 130 valence electrons. The van der Waals surface area contributed by atoms with Crippen LogP contribution < -0.4 is 9.47 Å². The number of aromatic carboxylic acids is 1. The monoisotopic (exact) mass is 350 g/mol. The molecule has 0 amide bonds. The number of hydrogen-bond acceptors (Lipinski definition) is 5. The summed E-state index contributed by atoms with van der Waals surface area (Å²) in [4.78, 5) is 23.2. The van der Waals surface area contributed by atoms with Gasteiger partial charge in [-0.3, -0.25) is 4.79 Å². The second kappa shape index (κ2) is 4.88. The standard InChI is InChI=1S/C20H14O6/c1-20-15(9-16(21)25-20)24-17-13-7-6-10(19(22)23)8-14(13)11-4-2-3-5-12(11)18(17)26-20/h2-8,15H,9H2,1H3,(H,22,23). The molecule has 5 rings (SSSR count). The molecule has 6 nitrogen and oxygen atoms in total. The lowest BCUT2D eigenvalue weighted by molar-refractivity contribution is -0.195. The van der Waals surface area contributed by atoms with Gasteiger partial charge in [-0.15, -0.1) is 0 Å². The van der Waals surface area contributed by atoms with Crippen molar-refractivity contribution in [2.75, 3.05) is 0 Å². The Morgan fingerprint density at radius 2 is 1.77 bits per heavy atom. The van der Waals surface area contributed by atoms with E-state index < -0.39 is 17.9 Å². The molecule has 2 aliphatic heterocycles. The Kier molecular flexibility index (Phi) is 2.82. The van der Waals surface area contributed by atoms with Gasteiger partial charge in [0.2, 0.25) is 0 Å². The van der Waals surface area contributed by atoms with Crippen LogP contribution in [0.25, 0.3) is 21.5 Å². The Balaban J connectivity index is 1.85. The van der Waals surface area contributed by atoms with Gasteiger partial charge in [0.15, 0.2) is 17.6 Å². The smallest absolute Gasteiger partial charge is 0.335 e. The van der Waals surface area contributed by atoms with Gasteiger partial charge in [-0.05, 0) is 29.0 Å². The van der Waals surface area contributed by atoms with Crippen LogP contribution in [0.2, 0.25) is 0 Å². The summed E-state index contributed by atoms with van der Waals surface area (Å²) in [5, 5.41) is 12.5. The number of esters is 1. The maximum atomic E-state index is 11.8. The van der Waals surface area contributed by atoms with Crippen molar-refractivity contribution in [1.82, 2.24) is 0 Å². The van der Waals surface area contributed by atoms with E-state index >= 15 is 0 Å². The van der Waals surface area contributed by atoms with Gasteiger partial charge in [0.05, 0.1) is 12.0 Å². The molecule has 0 radical (unpaired) electrons. The SMILES string of the molecule is CC12OC(=O)CC1Oc1c(c3ccccc3c3cc(C(=O)O)ccc13)O2. The van der Waals surface area contributed by atoms with Crippen LogP contribution in [-0.4, -0.2) is 28.9 Å². The molecule has 2 unspecified atom stereocenters. The van der Waals surface area contributed by atoms with E-state index in [1.165, 1.54) is 6.07 Å². The number of carbonyl (C=O) groups excluding carboxylic acids is 1. The number of carboxylic acid groups (broad SMARTS) is 1. The second-order valence-electron chi connectivity index (χ2n) is 6.67. The first-order valence-electron chi connectivity index (χ1n) is 8.25. The molecule has 3 aromatic carbocycles. The van der Waals surface area contributed by atoms with Crippen molar-refractivity contribution in [3.8, 4) is 11.5 Å². The van der Waals surface area contributed by atoms with Crippen LogP contribution in [-0.2, 0) is 9.53 Å². The average molecular weight is 350 g/mol. The van der Waals surface area contributed by atoms with Crippen molar-refractivity contribution in [3.63, 3.8) is 0 Å². The van der Waals surface area contributed by atoms with Gasteiger partial charge in [-0.25, -0.2) is 4.79 Å². The molecule has 26 heavy (non-hydrogen) atoms. The number of ether oxygens (including phenoxy) is 3. The van der Waals surface area contributed by atoms with E-state index in [4.69, 9.17) is 14.2 Å². The predicted octanol–water partition coefficient (Wildman–Crippen LogP) is 3.49. The molecule has 3 aromatic rings. The van der Waals surface area contributed by atoms with E-state index in [-0.39, 0.29) is 18.0 Å². The first kappa shape index (κ1) is 15.0. The molecular weight excluding hydrogens is 336 g/mol. The molecule has 0 saturated carbocycles. The van der Waals surface area contributed by atoms with E-state index in [2.05, 4.69) is 0 Å². The molecule has 2 heterocycles. The third-order valence-electron chi connectivity index (χ3n) is 5.00. The molecule has 1 saturated heterocycles. The molecule has 0 spiro atoms. The normalized spacial score (nSPS) is 23.7. The first-order valence-corrected chi connectivity index (χ1v) is 8.25. The molecule has 1 N–H and O–H groups in total. The quantitative estimate of drug-likeness (QED) is 0.534. The van der Waals surface area contributed by atoms with Crippen molar-refractivity contribution in [2.45, 2.75) is 25.2 Å². The Bertz CT molecular complexity index is 1120. The van der Waals surface area contributed by atoms with Gasteiger partial charge >= 0.3 is 11.9 Å². The van der Waals surface area contributed by atoms with Crippen LogP contribution in [0.5, 0.6) is 11.5 Å². The average Bonchev–Trinajstić information content (AvgIpc) is 2.92. The van der Waals surface area contributed by atoms with Crippen LogP contribution in [0.1, 0.15) is 23.7 Å². The number of fused-ring (bicyclic) bond motifs is 7.